The van der Waals surface area contributed by atoms with Crippen molar-refractivity contribution >= 4 is 5.97 Å². The van der Waals surface area contributed by atoms with Gasteiger partial charge in [0, 0.05) is 6.42 Å². The molecule has 0 spiro atoms. The molecule has 0 aromatic carbocycles. The second-order valence-corrected chi connectivity index (χ2v) is 5.18. The molecule has 1 atom stereocenters. The van der Waals surface area contributed by atoms with E-state index in [1.807, 2.05) is 6.92 Å². The van der Waals surface area contributed by atoms with Crippen molar-refractivity contribution in [3.8, 4) is 0 Å². The highest BCUT2D eigenvalue weighted by Crippen LogP contribution is 2.16. The SMILES string of the molecule is CCCCCCCCC(OC(=O)CC)C(C)C. The smallest absolute Gasteiger partial charge is 0.305 e. The summed E-state index contributed by atoms with van der Waals surface area (Å²) in [6, 6.07) is 0. The number of esters is 1. The van der Waals surface area contributed by atoms with E-state index in [-0.39, 0.29) is 12.1 Å². The minimum Gasteiger partial charge on any atom is -0.462 e. The highest BCUT2D eigenvalue weighted by atomic mass is 16.5. The Morgan fingerprint density at radius 1 is 1.00 bits per heavy atom. The molecular formula is C15H30O2. The first-order valence-corrected chi connectivity index (χ1v) is 7.31. The molecule has 2 heteroatoms. The minimum absolute atomic E-state index is 0.0605. The molecule has 0 aliphatic rings. The van der Waals surface area contributed by atoms with Crippen molar-refractivity contribution in [2.75, 3.05) is 0 Å². The highest BCUT2D eigenvalue weighted by Gasteiger charge is 2.16. The Morgan fingerprint density at radius 3 is 2.12 bits per heavy atom. The van der Waals surface area contributed by atoms with Crippen LogP contribution in [-0.4, -0.2) is 12.1 Å². The zero-order valence-electron chi connectivity index (χ0n) is 12.1. The van der Waals surface area contributed by atoms with Crippen LogP contribution in [0.2, 0.25) is 0 Å². The topological polar surface area (TPSA) is 26.3 Å². The molecule has 2 nitrogen and oxygen atoms in total. The Morgan fingerprint density at radius 2 is 1.59 bits per heavy atom. The lowest BCUT2D eigenvalue weighted by atomic mass is 10.00. The quantitative estimate of drug-likeness (QED) is 0.409. The summed E-state index contributed by atoms with van der Waals surface area (Å²) >= 11 is 0. The summed E-state index contributed by atoms with van der Waals surface area (Å²) in [5.74, 6) is 0.371. The average Bonchev–Trinajstić information content (AvgIpc) is 2.31. The lowest BCUT2D eigenvalue weighted by molar-refractivity contribution is -0.151. The molecule has 0 N–H and O–H groups in total. The molecular weight excluding hydrogens is 212 g/mol. The first kappa shape index (κ1) is 16.5. The van der Waals surface area contributed by atoms with Crippen molar-refractivity contribution in [2.24, 2.45) is 5.92 Å². The number of carbonyl (C=O) groups is 1. The lowest BCUT2D eigenvalue weighted by Gasteiger charge is -2.21. The van der Waals surface area contributed by atoms with Gasteiger partial charge in [-0.2, -0.15) is 0 Å². The largest absolute Gasteiger partial charge is 0.462 e. The van der Waals surface area contributed by atoms with Gasteiger partial charge in [-0.1, -0.05) is 59.8 Å². The molecule has 17 heavy (non-hydrogen) atoms. The van der Waals surface area contributed by atoms with Gasteiger partial charge in [0.2, 0.25) is 0 Å². The molecule has 0 bridgehead atoms. The van der Waals surface area contributed by atoms with E-state index in [1.54, 1.807) is 0 Å². The summed E-state index contributed by atoms with van der Waals surface area (Å²) < 4.78 is 5.45. The third-order valence-electron chi connectivity index (χ3n) is 3.16. The average molecular weight is 242 g/mol. The molecule has 0 amide bonds. The maximum atomic E-state index is 11.3. The van der Waals surface area contributed by atoms with Gasteiger partial charge in [0.25, 0.3) is 0 Å². The fraction of sp³-hybridized carbons (Fsp3) is 0.933. The van der Waals surface area contributed by atoms with Crippen LogP contribution >= 0.6 is 0 Å². The summed E-state index contributed by atoms with van der Waals surface area (Å²) in [6.45, 7) is 8.35. The van der Waals surface area contributed by atoms with Gasteiger partial charge < -0.3 is 4.74 Å². The first-order valence-electron chi connectivity index (χ1n) is 7.31. The molecule has 0 saturated heterocycles. The van der Waals surface area contributed by atoms with Crippen LogP contribution in [0.5, 0.6) is 0 Å². The van der Waals surface area contributed by atoms with Crippen molar-refractivity contribution in [1.82, 2.24) is 0 Å². The van der Waals surface area contributed by atoms with Gasteiger partial charge in [-0.3, -0.25) is 4.79 Å². The van der Waals surface area contributed by atoms with Crippen LogP contribution in [0.3, 0.4) is 0 Å². The summed E-state index contributed by atoms with van der Waals surface area (Å²) in [5.41, 5.74) is 0. The summed E-state index contributed by atoms with van der Waals surface area (Å²) in [6.07, 6.45) is 9.39. The van der Waals surface area contributed by atoms with Gasteiger partial charge in [0.15, 0.2) is 0 Å². The van der Waals surface area contributed by atoms with E-state index < -0.39 is 0 Å². The van der Waals surface area contributed by atoms with Crippen molar-refractivity contribution in [3.05, 3.63) is 0 Å². The zero-order valence-corrected chi connectivity index (χ0v) is 12.1. The summed E-state index contributed by atoms with van der Waals surface area (Å²) in [7, 11) is 0. The van der Waals surface area contributed by atoms with Crippen molar-refractivity contribution in [2.45, 2.75) is 85.2 Å². The maximum Gasteiger partial charge on any atom is 0.305 e. The Bertz CT molecular complexity index is 187. The number of unbranched alkanes of at least 4 members (excludes halogenated alkanes) is 5. The van der Waals surface area contributed by atoms with Gasteiger partial charge in [-0.25, -0.2) is 0 Å². The van der Waals surface area contributed by atoms with Gasteiger partial charge in [-0.15, -0.1) is 0 Å². The number of rotatable bonds is 10. The third kappa shape index (κ3) is 9.20. The van der Waals surface area contributed by atoms with Crippen molar-refractivity contribution in [3.63, 3.8) is 0 Å². The molecule has 0 saturated carbocycles. The first-order chi connectivity index (χ1) is 8.11. The van der Waals surface area contributed by atoms with Gasteiger partial charge >= 0.3 is 5.97 Å². The molecule has 102 valence electrons. The van der Waals surface area contributed by atoms with E-state index in [0.29, 0.717) is 12.3 Å². The molecule has 0 aromatic heterocycles. The van der Waals surface area contributed by atoms with Gasteiger partial charge in [0.1, 0.15) is 6.10 Å². The number of carbonyl (C=O) groups excluding carboxylic acids is 1. The van der Waals surface area contributed by atoms with Gasteiger partial charge in [0.05, 0.1) is 0 Å². The predicted octanol–water partition coefficient (Wildman–Crippen LogP) is 4.71. The molecule has 0 aromatic rings. The molecule has 0 aliphatic carbocycles. The molecule has 0 rings (SSSR count). The van der Waals surface area contributed by atoms with Crippen LogP contribution in [0.1, 0.15) is 79.1 Å². The second kappa shape index (κ2) is 10.6. The molecule has 0 radical (unpaired) electrons. The van der Waals surface area contributed by atoms with Crippen LogP contribution in [-0.2, 0) is 9.53 Å². The maximum absolute atomic E-state index is 11.3. The monoisotopic (exact) mass is 242 g/mol. The van der Waals surface area contributed by atoms with Crippen LogP contribution < -0.4 is 0 Å². The zero-order chi connectivity index (χ0) is 13.1. The number of hydrogen-bond acceptors (Lipinski definition) is 2. The Kier molecular flexibility index (Phi) is 10.3. The predicted molar refractivity (Wildman–Crippen MR) is 73.0 cm³/mol. The Labute approximate surface area is 107 Å². The standard InChI is InChI=1S/C15H30O2/c1-5-7-8-9-10-11-12-14(13(3)4)17-15(16)6-2/h13-14H,5-12H2,1-4H3. The van der Waals surface area contributed by atoms with Crippen LogP contribution in [0, 0.1) is 5.92 Å². The van der Waals surface area contributed by atoms with Crippen molar-refractivity contribution in [1.29, 1.82) is 0 Å². The Hall–Kier alpha value is -0.530. The van der Waals surface area contributed by atoms with E-state index in [0.717, 1.165) is 6.42 Å². The molecule has 0 heterocycles. The summed E-state index contributed by atoms with van der Waals surface area (Å²) in [4.78, 5) is 11.3. The van der Waals surface area contributed by atoms with Gasteiger partial charge in [-0.05, 0) is 18.8 Å². The van der Waals surface area contributed by atoms with E-state index in [4.69, 9.17) is 4.74 Å². The van der Waals surface area contributed by atoms with E-state index >= 15 is 0 Å². The highest BCUT2D eigenvalue weighted by molar-refractivity contribution is 5.69. The molecule has 0 aliphatic heterocycles. The van der Waals surface area contributed by atoms with E-state index in [9.17, 15) is 4.79 Å². The number of hydrogen-bond donors (Lipinski definition) is 0. The van der Waals surface area contributed by atoms with Crippen LogP contribution in [0.4, 0.5) is 0 Å². The second-order valence-electron chi connectivity index (χ2n) is 5.18. The Balaban J connectivity index is 3.67. The molecule has 0 fully saturated rings. The van der Waals surface area contributed by atoms with Crippen LogP contribution in [0.15, 0.2) is 0 Å². The third-order valence-corrected chi connectivity index (χ3v) is 3.16. The minimum atomic E-state index is -0.0605. The van der Waals surface area contributed by atoms with E-state index in [1.165, 1.54) is 38.5 Å². The van der Waals surface area contributed by atoms with Crippen LogP contribution in [0.25, 0.3) is 0 Å². The summed E-state index contributed by atoms with van der Waals surface area (Å²) in [5, 5.41) is 0. The van der Waals surface area contributed by atoms with Crippen molar-refractivity contribution < 1.29 is 9.53 Å². The fourth-order valence-electron chi connectivity index (χ4n) is 1.91. The number of ether oxygens (including phenoxy) is 1. The van der Waals surface area contributed by atoms with E-state index in [2.05, 4.69) is 20.8 Å². The lowest BCUT2D eigenvalue weighted by Crippen LogP contribution is -2.23. The fourth-order valence-corrected chi connectivity index (χ4v) is 1.91. The normalized spacial score (nSPS) is 12.8. The molecule has 1 unspecified atom stereocenters.